The van der Waals surface area contributed by atoms with Gasteiger partial charge >= 0.3 is 23.9 Å². The Bertz CT molecular complexity index is 1450. The van der Waals surface area contributed by atoms with Gasteiger partial charge in [-0.1, -0.05) is 13.8 Å². The molecule has 0 aromatic heterocycles. The molecule has 0 radical (unpaired) electrons. The summed E-state index contributed by atoms with van der Waals surface area (Å²) in [6.45, 7) is 6.65. The minimum Gasteiger partial charge on any atom is -0.481 e. The number of alkyl halides is 1. The number of halogens is 1. The first-order valence-electron chi connectivity index (χ1n) is 18.8. The van der Waals surface area contributed by atoms with Gasteiger partial charge in [0.05, 0.1) is 72.1 Å². The van der Waals surface area contributed by atoms with E-state index in [1.165, 1.54) is 20.8 Å². The molecule has 60 heavy (non-hydrogen) atoms. The Morgan fingerprint density at radius 1 is 0.467 bits per heavy atom. The van der Waals surface area contributed by atoms with Gasteiger partial charge in [0.2, 0.25) is 29.5 Å². The number of aliphatic carboxylic acids is 4. The van der Waals surface area contributed by atoms with Crippen LogP contribution in [0.1, 0.15) is 59.8 Å². The fourth-order valence-electron chi connectivity index (χ4n) is 4.61. The van der Waals surface area contributed by atoms with Crippen molar-refractivity contribution in [2.75, 3.05) is 59.4 Å². The van der Waals surface area contributed by atoms with Crippen molar-refractivity contribution in [3.63, 3.8) is 0 Å². The van der Waals surface area contributed by atoms with Crippen LogP contribution in [0.25, 0.3) is 0 Å². The molecule has 6 atom stereocenters. The Hall–Kier alpha value is -5.53. The van der Waals surface area contributed by atoms with Crippen LogP contribution in [0.3, 0.4) is 0 Å². The number of nitrogens with one attached hydrogen (secondary N) is 6. The number of carbonyl (C=O) groups excluding carboxylic acids is 6. The van der Waals surface area contributed by atoms with Crippen LogP contribution in [-0.2, 0) is 66.9 Å². The molecule has 0 aliphatic rings. The van der Waals surface area contributed by atoms with E-state index >= 15 is 0 Å². The lowest BCUT2D eigenvalue weighted by atomic mass is 10.0. The Kier molecular flexibility index (Phi) is 27.7. The zero-order chi connectivity index (χ0) is 45.8. The molecule has 24 nitrogen and oxygen atoms in total. The maximum atomic E-state index is 13.5. The second-order valence-corrected chi connectivity index (χ2v) is 13.3. The summed E-state index contributed by atoms with van der Waals surface area (Å²) in [7, 11) is 0. The van der Waals surface area contributed by atoms with E-state index in [0.29, 0.717) is 0 Å². The third-order valence-corrected chi connectivity index (χ3v) is 7.79. The molecule has 0 heterocycles. The number of rotatable bonds is 34. The molecular weight excluding hydrogens is 810 g/mol. The van der Waals surface area contributed by atoms with E-state index in [1.54, 1.807) is 0 Å². The Balaban J connectivity index is 5.24. The fraction of sp³-hybridized carbons (Fsp3) is 0.714. The molecule has 342 valence electrons. The van der Waals surface area contributed by atoms with Crippen molar-refractivity contribution in [1.29, 1.82) is 0 Å². The lowest BCUT2D eigenvalue weighted by Gasteiger charge is -2.28. The third-order valence-electron chi connectivity index (χ3n) is 7.79. The van der Waals surface area contributed by atoms with E-state index in [9.17, 15) is 67.7 Å². The number of hydrogen-bond acceptors (Lipinski definition) is 14. The van der Waals surface area contributed by atoms with Gasteiger partial charge in [0, 0.05) is 13.0 Å². The van der Waals surface area contributed by atoms with Crippen LogP contribution in [0.2, 0.25) is 0 Å². The van der Waals surface area contributed by atoms with Gasteiger partial charge in [0.15, 0.2) is 6.17 Å². The van der Waals surface area contributed by atoms with E-state index in [-0.39, 0.29) is 65.8 Å². The normalized spacial score (nSPS) is 14.0. The van der Waals surface area contributed by atoms with Crippen molar-refractivity contribution in [1.82, 2.24) is 31.9 Å². The minimum absolute atomic E-state index is 0.0225. The fourth-order valence-corrected chi connectivity index (χ4v) is 4.61. The van der Waals surface area contributed by atoms with Gasteiger partial charge in [-0.25, -0.2) is 4.39 Å². The van der Waals surface area contributed by atoms with Crippen LogP contribution in [0.5, 0.6) is 0 Å². The van der Waals surface area contributed by atoms with Gasteiger partial charge < -0.3 is 71.3 Å². The largest absolute Gasteiger partial charge is 0.481 e. The summed E-state index contributed by atoms with van der Waals surface area (Å²) in [4.78, 5) is 122. The van der Waals surface area contributed by atoms with Crippen LogP contribution < -0.4 is 31.9 Å². The maximum absolute atomic E-state index is 13.5. The van der Waals surface area contributed by atoms with Gasteiger partial charge in [-0.3, -0.25) is 47.9 Å². The number of hydrogen-bond donors (Lipinski definition) is 10. The highest BCUT2D eigenvalue weighted by Gasteiger charge is 2.35. The number of carbonyl (C=O) groups is 10. The van der Waals surface area contributed by atoms with E-state index in [1.807, 2.05) is 5.32 Å². The van der Waals surface area contributed by atoms with E-state index in [0.717, 1.165) is 6.92 Å². The highest BCUT2D eigenvalue weighted by atomic mass is 18.2. The summed E-state index contributed by atoms with van der Waals surface area (Å²) in [5, 5.41) is 49.6. The zero-order valence-corrected chi connectivity index (χ0v) is 33.8. The SMILES string of the molecule is CC(C)[C@H](NC(=O)[C@H](CCC(=O)O)NC(=O)[C@H](CC(=O)O)NC(=O)[C@@H](C)[18F])C(=O)N[C@@H](CC(=O)O)C(=O)N[C@@H](C)C(=O)NCCOCCOCCOCCOCCC(=O)O. The van der Waals surface area contributed by atoms with Crippen molar-refractivity contribution in [2.24, 2.45) is 5.92 Å². The highest BCUT2D eigenvalue weighted by molar-refractivity contribution is 5.98. The van der Waals surface area contributed by atoms with E-state index in [2.05, 4.69) is 26.6 Å². The Labute approximate surface area is 344 Å². The second-order valence-electron chi connectivity index (χ2n) is 13.3. The standard InChI is InChI=1S/C35H57FN6O18/c1-19(2)29(42-32(53)22(5-6-25(43)44)39-34(55)24(18-28(49)50)40-30(51)20(3)36)35(56)41-23(17-27(47)48)33(54)38-21(4)31(52)37-8-10-58-12-14-60-16-15-59-13-11-57-9-7-26(45)46/h19-24,29H,5-18H2,1-4H3,(H,37,52)(H,38,54)(H,39,55)(H,40,51)(H,41,56)(H,42,53)(H,43,44)(H,45,46)(H,47,48)(H,49,50)/t20-,21+,22+,23+,24+,29+/m1/s1/i36-1. The van der Waals surface area contributed by atoms with Gasteiger partial charge in [0.25, 0.3) is 5.91 Å². The third kappa shape index (κ3) is 25.8. The topological polar surface area (TPSA) is 361 Å². The van der Waals surface area contributed by atoms with Crippen LogP contribution >= 0.6 is 0 Å². The molecule has 25 heteroatoms. The van der Waals surface area contributed by atoms with Crippen molar-refractivity contribution >= 4 is 59.3 Å². The molecule has 0 aromatic carbocycles. The first-order valence-corrected chi connectivity index (χ1v) is 18.8. The molecular formula is C35H57FN6O18. The maximum Gasteiger partial charge on any atom is 0.305 e. The molecule has 0 saturated heterocycles. The average Bonchev–Trinajstić information content (AvgIpc) is 3.15. The molecule has 0 rings (SSSR count). The number of amides is 6. The zero-order valence-electron chi connectivity index (χ0n) is 33.8. The summed E-state index contributed by atoms with van der Waals surface area (Å²) in [5.74, 6) is -12.9. The summed E-state index contributed by atoms with van der Waals surface area (Å²) in [6, 6.07) is -8.15. The highest BCUT2D eigenvalue weighted by Crippen LogP contribution is 2.08. The minimum atomic E-state index is -2.14. The molecule has 0 bridgehead atoms. The summed E-state index contributed by atoms with van der Waals surface area (Å²) in [5.41, 5.74) is 0. The van der Waals surface area contributed by atoms with Gasteiger partial charge in [-0.05, 0) is 26.2 Å². The lowest BCUT2D eigenvalue weighted by Crippen LogP contribution is -2.60. The van der Waals surface area contributed by atoms with Crippen LogP contribution in [-0.4, -0.2) is 176 Å². The molecule has 0 aromatic rings. The lowest BCUT2D eigenvalue weighted by molar-refractivity contribution is -0.142. The summed E-state index contributed by atoms with van der Waals surface area (Å²) in [6.07, 6.45) is -5.53. The van der Waals surface area contributed by atoms with E-state index < -0.39 is 127 Å². The van der Waals surface area contributed by atoms with Gasteiger partial charge in [-0.2, -0.15) is 0 Å². The Morgan fingerprint density at radius 2 is 0.883 bits per heavy atom. The monoisotopic (exact) mass is 867 g/mol. The molecule has 0 saturated carbocycles. The molecule has 6 amide bonds. The van der Waals surface area contributed by atoms with Gasteiger partial charge in [-0.15, -0.1) is 0 Å². The van der Waals surface area contributed by atoms with Crippen LogP contribution in [0.15, 0.2) is 0 Å². The predicted octanol–water partition coefficient (Wildman–Crippen LogP) is -3.08. The van der Waals surface area contributed by atoms with Crippen LogP contribution in [0, 0.1) is 5.92 Å². The smallest absolute Gasteiger partial charge is 0.305 e. The summed E-state index contributed by atoms with van der Waals surface area (Å²) < 4.78 is 34.5. The average molecular weight is 868 g/mol. The first kappa shape index (κ1) is 54.5. The van der Waals surface area contributed by atoms with Crippen molar-refractivity contribution in [3.05, 3.63) is 0 Å². The molecule has 0 aliphatic carbocycles. The Morgan fingerprint density at radius 3 is 1.33 bits per heavy atom. The number of ether oxygens (including phenoxy) is 4. The van der Waals surface area contributed by atoms with Crippen molar-refractivity contribution in [3.8, 4) is 0 Å². The number of carboxylic acid groups (broad SMARTS) is 4. The predicted molar refractivity (Wildman–Crippen MR) is 201 cm³/mol. The first-order chi connectivity index (χ1) is 28.2. The second kappa shape index (κ2) is 30.5. The quantitative estimate of drug-likeness (QED) is 0.0287. The molecule has 0 spiro atoms. The van der Waals surface area contributed by atoms with E-state index in [4.69, 9.17) is 24.1 Å². The molecule has 0 aliphatic heterocycles. The molecule has 0 unspecified atom stereocenters. The van der Waals surface area contributed by atoms with Gasteiger partial charge in [0.1, 0.15) is 30.2 Å². The molecule has 10 N–H and O–H groups in total. The van der Waals surface area contributed by atoms with Crippen LogP contribution in [0.4, 0.5) is 4.39 Å². The molecule has 0 fully saturated rings. The number of carboxylic acids is 4. The van der Waals surface area contributed by atoms with Crippen molar-refractivity contribution < 1.29 is 91.7 Å². The summed E-state index contributed by atoms with van der Waals surface area (Å²) >= 11 is 0. The van der Waals surface area contributed by atoms with Crippen molar-refractivity contribution in [2.45, 2.75) is 96.2 Å².